The van der Waals surface area contributed by atoms with Crippen molar-refractivity contribution in [3.63, 3.8) is 0 Å². The Hall–Kier alpha value is -4.27. The Balaban J connectivity index is 0.00000641. The molecule has 0 radical (unpaired) electrons. The smallest absolute Gasteiger partial charge is 0.148 e. The number of imidazole rings is 1. The number of aromatic hydroxyl groups is 1. The molecule has 0 spiro atoms. The standard InChI is InChI=1S/C53H64N3O.Pt/c1-32(2)33-21-22-54-44(26-33)35-23-34(24-36(25-35)49(3,4)5)41-19-18-20-45-46(41)55-48(42-30-39(52(12,13)14)31-43(47(42)57)53(15,16)17)56(45)40-28-37(50(6,7)8)27-38(29-40)51(9,10)11;/h18-22,24-31,57H,1H2,2-17H3;/q-1;. The summed E-state index contributed by atoms with van der Waals surface area (Å²) in [6, 6.07) is 30.1. The van der Waals surface area contributed by atoms with Gasteiger partial charge in [-0.25, -0.2) is 4.98 Å². The molecule has 58 heavy (non-hydrogen) atoms. The Kier molecular flexibility index (Phi) is 11.9. The zero-order valence-corrected chi connectivity index (χ0v) is 40.1. The van der Waals surface area contributed by atoms with E-state index in [0.717, 1.165) is 66.9 Å². The van der Waals surface area contributed by atoms with Gasteiger partial charge in [0, 0.05) is 44.2 Å². The molecule has 0 bridgehead atoms. The summed E-state index contributed by atoms with van der Waals surface area (Å²) >= 11 is 0. The maximum atomic E-state index is 12.4. The summed E-state index contributed by atoms with van der Waals surface area (Å²) in [5.41, 5.74) is 14.2. The fraction of sp³-hybridized carbons (Fsp3) is 0.396. The number of benzene rings is 4. The predicted molar refractivity (Wildman–Crippen MR) is 244 cm³/mol. The molecular formula is C53H64N3OPt-. The van der Waals surface area contributed by atoms with Crippen molar-refractivity contribution >= 4 is 16.6 Å². The Morgan fingerprint density at radius 1 is 0.621 bits per heavy atom. The minimum atomic E-state index is -0.304. The van der Waals surface area contributed by atoms with E-state index in [1.165, 1.54) is 16.7 Å². The number of para-hydroxylation sites is 1. The van der Waals surface area contributed by atoms with Gasteiger partial charge in [-0.05, 0) is 86.6 Å². The molecule has 0 fully saturated rings. The first-order chi connectivity index (χ1) is 26.1. The van der Waals surface area contributed by atoms with Gasteiger partial charge in [-0.3, -0.25) is 9.55 Å². The van der Waals surface area contributed by atoms with Crippen molar-refractivity contribution in [1.29, 1.82) is 0 Å². The summed E-state index contributed by atoms with van der Waals surface area (Å²) < 4.78 is 2.28. The van der Waals surface area contributed by atoms with Gasteiger partial charge in [0.05, 0.1) is 16.6 Å². The van der Waals surface area contributed by atoms with Gasteiger partial charge in [-0.15, -0.1) is 29.3 Å². The van der Waals surface area contributed by atoms with Gasteiger partial charge >= 0.3 is 0 Å². The predicted octanol–water partition coefficient (Wildman–Crippen LogP) is 14.4. The third-order valence-corrected chi connectivity index (χ3v) is 11.2. The van der Waals surface area contributed by atoms with E-state index < -0.39 is 0 Å². The molecule has 0 aliphatic heterocycles. The Bertz CT molecular complexity index is 2490. The van der Waals surface area contributed by atoms with E-state index in [4.69, 9.17) is 9.97 Å². The van der Waals surface area contributed by atoms with E-state index in [-0.39, 0.29) is 53.9 Å². The topological polar surface area (TPSA) is 50.9 Å². The van der Waals surface area contributed by atoms with Crippen molar-refractivity contribution < 1.29 is 26.2 Å². The first-order valence-electron chi connectivity index (χ1n) is 20.4. The largest absolute Gasteiger partial charge is 0.507 e. The monoisotopic (exact) mass is 953 g/mol. The number of allylic oxidation sites excluding steroid dienone is 1. The molecule has 2 aromatic heterocycles. The first-order valence-corrected chi connectivity index (χ1v) is 20.4. The third-order valence-electron chi connectivity index (χ3n) is 11.2. The zero-order chi connectivity index (χ0) is 42.2. The molecule has 0 saturated heterocycles. The summed E-state index contributed by atoms with van der Waals surface area (Å²) in [7, 11) is 0. The van der Waals surface area contributed by atoms with Crippen molar-refractivity contribution in [3.05, 3.63) is 125 Å². The van der Waals surface area contributed by atoms with Crippen LogP contribution >= 0.6 is 0 Å². The molecule has 0 amide bonds. The summed E-state index contributed by atoms with van der Waals surface area (Å²) in [6.45, 7) is 39.8. The van der Waals surface area contributed by atoms with E-state index in [1.54, 1.807) is 0 Å². The number of phenolic OH excluding ortho intramolecular Hbond substituents is 1. The second-order valence-electron chi connectivity index (χ2n) is 21.3. The first kappa shape index (κ1) is 44.8. The van der Waals surface area contributed by atoms with Crippen LogP contribution in [0.3, 0.4) is 0 Å². The van der Waals surface area contributed by atoms with Crippen LogP contribution in [0.15, 0.2) is 85.6 Å². The molecule has 0 atom stereocenters. The maximum absolute atomic E-state index is 12.4. The van der Waals surface area contributed by atoms with E-state index in [2.05, 4.69) is 188 Å². The van der Waals surface area contributed by atoms with Crippen LogP contribution < -0.4 is 0 Å². The van der Waals surface area contributed by atoms with Gasteiger partial charge in [0.2, 0.25) is 0 Å². The SMILES string of the molecule is C=C(C)c1ccnc(-c2[c-]c(-c3cccc4c3nc(-c3cc(C(C)(C)C)cc(C(C)(C)C)c3O)n4-c3cc(C(C)(C)C)cc(C(C)(C)C)c3)cc(C(C)(C)C)c2)c1.[Pt]. The fourth-order valence-corrected chi connectivity index (χ4v) is 7.30. The number of pyridine rings is 1. The molecule has 2 heterocycles. The number of rotatable bonds is 5. The average molecular weight is 954 g/mol. The van der Waals surface area contributed by atoms with Gasteiger partial charge in [0.25, 0.3) is 0 Å². The molecule has 308 valence electrons. The summed E-state index contributed by atoms with van der Waals surface area (Å²) in [4.78, 5) is 10.4. The quantitative estimate of drug-likeness (QED) is 0.175. The van der Waals surface area contributed by atoms with Crippen LogP contribution in [-0.4, -0.2) is 19.6 Å². The van der Waals surface area contributed by atoms with E-state index in [1.807, 2.05) is 19.2 Å². The van der Waals surface area contributed by atoms with Crippen LogP contribution in [0.5, 0.6) is 5.75 Å². The second-order valence-corrected chi connectivity index (χ2v) is 21.3. The van der Waals surface area contributed by atoms with Gasteiger partial charge in [-0.2, -0.15) is 0 Å². The minimum absolute atomic E-state index is 0. The van der Waals surface area contributed by atoms with E-state index in [0.29, 0.717) is 5.82 Å². The second kappa shape index (κ2) is 15.4. The van der Waals surface area contributed by atoms with Crippen LogP contribution in [0.1, 0.15) is 144 Å². The number of aromatic nitrogens is 3. The van der Waals surface area contributed by atoms with Crippen LogP contribution in [0, 0.1) is 6.07 Å². The van der Waals surface area contributed by atoms with Gasteiger partial charge in [0.1, 0.15) is 11.6 Å². The fourth-order valence-electron chi connectivity index (χ4n) is 7.30. The van der Waals surface area contributed by atoms with Crippen LogP contribution in [0.4, 0.5) is 0 Å². The van der Waals surface area contributed by atoms with Gasteiger partial charge < -0.3 is 5.11 Å². The van der Waals surface area contributed by atoms with Crippen LogP contribution in [0.25, 0.3) is 56.1 Å². The molecule has 4 nitrogen and oxygen atoms in total. The van der Waals surface area contributed by atoms with Crippen molar-refractivity contribution in [1.82, 2.24) is 14.5 Å². The third kappa shape index (κ3) is 8.98. The van der Waals surface area contributed by atoms with E-state index in [9.17, 15) is 5.11 Å². The molecule has 0 saturated carbocycles. The van der Waals surface area contributed by atoms with Gasteiger partial charge in [0.15, 0.2) is 0 Å². The summed E-state index contributed by atoms with van der Waals surface area (Å²) in [6.07, 6.45) is 1.85. The van der Waals surface area contributed by atoms with E-state index >= 15 is 0 Å². The van der Waals surface area contributed by atoms with Gasteiger partial charge in [-0.1, -0.05) is 157 Å². The Morgan fingerprint density at radius 3 is 1.69 bits per heavy atom. The van der Waals surface area contributed by atoms with Crippen LogP contribution in [-0.2, 0) is 48.1 Å². The molecule has 0 aliphatic carbocycles. The van der Waals surface area contributed by atoms with Crippen molar-refractivity contribution in [2.75, 3.05) is 0 Å². The number of fused-ring (bicyclic) bond motifs is 1. The molecular weight excluding hydrogens is 890 g/mol. The number of hydrogen-bond donors (Lipinski definition) is 1. The molecule has 5 heteroatoms. The Morgan fingerprint density at radius 2 is 1.16 bits per heavy atom. The summed E-state index contributed by atoms with van der Waals surface area (Å²) in [5, 5.41) is 12.4. The molecule has 1 N–H and O–H groups in total. The Labute approximate surface area is 363 Å². The minimum Gasteiger partial charge on any atom is -0.507 e. The van der Waals surface area contributed by atoms with Crippen LogP contribution in [0.2, 0.25) is 0 Å². The van der Waals surface area contributed by atoms with Crippen molar-refractivity contribution in [2.45, 2.75) is 138 Å². The normalized spacial score (nSPS) is 12.8. The van der Waals surface area contributed by atoms with Crippen molar-refractivity contribution in [3.8, 4) is 45.2 Å². The molecule has 0 aliphatic rings. The number of phenols is 1. The maximum Gasteiger partial charge on any atom is 0.148 e. The molecule has 6 rings (SSSR count). The number of hydrogen-bond acceptors (Lipinski definition) is 3. The zero-order valence-electron chi connectivity index (χ0n) is 37.8. The number of nitrogens with zero attached hydrogens (tertiary/aromatic N) is 3. The average Bonchev–Trinajstić information content (AvgIpc) is 3.49. The molecule has 4 aromatic carbocycles. The van der Waals surface area contributed by atoms with Crippen molar-refractivity contribution in [2.24, 2.45) is 0 Å². The molecule has 0 unspecified atom stereocenters. The molecule has 6 aromatic rings. The summed E-state index contributed by atoms with van der Waals surface area (Å²) in [5.74, 6) is 0.976.